The number of nitrogens with one attached hydrogen (secondary N) is 1. The van der Waals surface area contributed by atoms with Crippen LogP contribution in [0.25, 0.3) is 0 Å². The molecule has 0 bridgehead atoms. The Labute approximate surface area is 136 Å². The zero-order valence-corrected chi connectivity index (χ0v) is 14.5. The van der Waals surface area contributed by atoms with Crippen LogP contribution >= 0.6 is 11.3 Å². The maximum Gasteiger partial charge on any atom is 0.193 e. The van der Waals surface area contributed by atoms with Crippen molar-refractivity contribution in [3.63, 3.8) is 0 Å². The minimum Gasteiger partial charge on any atom is -0.370 e. The average Bonchev–Trinajstić information content (AvgIpc) is 2.87. The third-order valence-corrected chi connectivity index (χ3v) is 4.45. The van der Waals surface area contributed by atoms with E-state index in [4.69, 9.17) is 5.73 Å². The fourth-order valence-corrected chi connectivity index (χ4v) is 2.91. The molecule has 0 spiro atoms. The maximum atomic E-state index is 5.92. The second-order valence-electron chi connectivity index (χ2n) is 6.41. The fourth-order valence-electron chi connectivity index (χ4n) is 1.97. The highest BCUT2D eigenvalue weighted by molar-refractivity contribution is 7.09. The molecule has 0 atom stereocenters. The number of anilines is 1. The number of benzene rings is 1. The van der Waals surface area contributed by atoms with Crippen molar-refractivity contribution in [1.82, 2.24) is 4.98 Å². The van der Waals surface area contributed by atoms with Crippen LogP contribution < -0.4 is 11.1 Å². The molecule has 2 rings (SSSR count). The van der Waals surface area contributed by atoms with Gasteiger partial charge in [-0.05, 0) is 24.6 Å². The van der Waals surface area contributed by atoms with E-state index in [9.17, 15) is 0 Å². The van der Waals surface area contributed by atoms with E-state index in [-0.39, 0.29) is 5.41 Å². The van der Waals surface area contributed by atoms with Gasteiger partial charge in [-0.3, -0.25) is 4.99 Å². The van der Waals surface area contributed by atoms with Crippen LogP contribution in [0.2, 0.25) is 0 Å². The van der Waals surface area contributed by atoms with Crippen LogP contribution in [0.3, 0.4) is 0 Å². The van der Waals surface area contributed by atoms with Gasteiger partial charge in [-0.2, -0.15) is 0 Å². The highest BCUT2D eigenvalue weighted by atomic mass is 32.1. The first-order chi connectivity index (χ1) is 10.3. The van der Waals surface area contributed by atoms with Gasteiger partial charge in [0.2, 0.25) is 0 Å². The highest BCUT2D eigenvalue weighted by Crippen LogP contribution is 2.25. The first kappa shape index (κ1) is 16.5. The van der Waals surface area contributed by atoms with Gasteiger partial charge >= 0.3 is 0 Å². The zero-order valence-electron chi connectivity index (χ0n) is 13.7. The summed E-state index contributed by atoms with van der Waals surface area (Å²) >= 11 is 1.71. The Kier molecular flexibility index (Phi) is 5.19. The molecule has 1 aromatic carbocycles. The molecule has 2 aromatic rings. The van der Waals surface area contributed by atoms with Crippen molar-refractivity contribution in [2.45, 2.75) is 39.5 Å². The van der Waals surface area contributed by atoms with Crippen LogP contribution in [-0.2, 0) is 11.8 Å². The minimum atomic E-state index is 0.109. The van der Waals surface area contributed by atoms with Crippen LogP contribution in [0.5, 0.6) is 0 Å². The molecule has 0 aliphatic carbocycles. The summed E-state index contributed by atoms with van der Waals surface area (Å²) in [5.74, 6) is 0.442. The standard InChI is InChI=1S/C17H24N4S/c1-12-6-5-7-13(10-12)21-16(18)19-9-8-14-11-22-15(20-14)17(2,3)4/h5-7,10-11H,8-9H2,1-4H3,(H3,18,19,21). The summed E-state index contributed by atoms with van der Waals surface area (Å²) in [6.07, 6.45) is 0.808. The summed E-state index contributed by atoms with van der Waals surface area (Å²) < 4.78 is 0. The number of nitrogens with zero attached hydrogens (tertiary/aromatic N) is 2. The zero-order chi connectivity index (χ0) is 16.2. The molecule has 0 unspecified atom stereocenters. The molecule has 0 saturated heterocycles. The Morgan fingerprint density at radius 3 is 2.77 bits per heavy atom. The number of guanidine groups is 1. The summed E-state index contributed by atoms with van der Waals surface area (Å²) in [5.41, 5.74) is 9.26. The van der Waals surface area contributed by atoms with Crippen LogP contribution in [0, 0.1) is 6.92 Å². The van der Waals surface area contributed by atoms with E-state index >= 15 is 0 Å². The predicted octanol–water partition coefficient (Wildman–Crippen LogP) is 3.72. The molecule has 118 valence electrons. The Morgan fingerprint density at radius 2 is 2.14 bits per heavy atom. The number of hydrogen-bond acceptors (Lipinski definition) is 3. The lowest BCUT2D eigenvalue weighted by atomic mass is 9.98. The molecule has 3 N–H and O–H groups in total. The number of hydrogen-bond donors (Lipinski definition) is 2. The van der Waals surface area contributed by atoms with E-state index in [2.05, 4.69) is 41.4 Å². The number of thiazole rings is 1. The molecule has 0 aliphatic rings. The van der Waals surface area contributed by atoms with Gasteiger partial charge < -0.3 is 11.1 Å². The first-order valence-corrected chi connectivity index (χ1v) is 8.31. The van der Waals surface area contributed by atoms with Crippen LogP contribution in [0.15, 0.2) is 34.6 Å². The lowest BCUT2D eigenvalue weighted by Gasteiger charge is -2.13. The van der Waals surface area contributed by atoms with Crippen LogP contribution in [0.1, 0.15) is 37.0 Å². The lowest BCUT2D eigenvalue weighted by molar-refractivity contribution is 0.583. The van der Waals surface area contributed by atoms with Gasteiger partial charge in [0, 0.05) is 29.4 Å². The quantitative estimate of drug-likeness (QED) is 0.667. The van der Waals surface area contributed by atoms with Crippen molar-refractivity contribution in [2.75, 3.05) is 11.9 Å². The van der Waals surface area contributed by atoms with Gasteiger partial charge in [0.15, 0.2) is 5.96 Å². The summed E-state index contributed by atoms with van der Waals surface area (Å²) in [7, 11) is 0. The molecule has 0 saturated carbocycles. The van der Waals surface area contributed by atoms with Gasteiger partial charge in [0.05, 0.1) is 10.7 Å². The molecule has 0 amide bonds. The van der Waals surface area contributed by atoms with Crippen molar-refractivity contribution >= 4 is 23.0 Å². The monoisotopic (exact) mass is 316 g/mol. The molecular formula is C17H24N4S. The Hall–Kier alpha value is -1.88. The van der Waals surface area contributed by atoms with Crippen molar-refractivity contribution in [3.05, 3.63) is 45.9 Å². The Morgan fingerprint density at radius 1 is 1.36 bits per heavy atom. The van der Waals surface area contributed by atoms with Crippen molar-refractivity contribution in [1.29, 1.82) is 0 Å². The molecule has 4 nitrogen and oxygen atoms in total. The Bertz CT molecular complexity index is 653. The SMILES string of the molecule is Cc1cccc(NC(N)=NCCc2csc(C(C)(C)C)n2)c1. The molecular weight excluding hydrogens is 292 g/mol. The number of nitrogens with two attached hydrogens (primary N) is 1. The fraction of sp³-hybridized carbons (Fsp3) is 0.412. The number of rotatable bonds is 4. The summed E-state index contributed by atoms with van der Waals surface area (Å²) in [6, 6.07) is 8.06. The number of aryl methyl sites for hydroxylation is 1. The predicted molar refractivity (Wildman–Crippen MR) is 95.8 cm³/mol. The largest absolute Gasteiger partial charge is 0.370 e. The molecule has 0 radical (unpaired) electrons. The summed E-state index contributed by atoms with van der Waals surface area (Å²) in [5, 5.41) is 6.38. The number of aromatic nitrogens is 1. The molecule has 0 aliphatic heterocycles. The van der Waals surface area contributed by atoms with Gasteiger partial charge in [0.1, 0.15) is 0 Å². The van der Waals surface area contributed by atoms with E-state index in [1.807, 2.05) is 31.2 Å². The average molecular weight is 316 g/mol. The molecule has 1 aromatic heterocycles. The number of aliphatic imine (C=N–C) groups is 1. The smallest absolute Gasteiger partial charge is 0.193 e. The van der Waals surface area contributed by atoms with E-state index < -0.39 is 0 Å². The molecule has 5 heteroatoms. The molecule has 1 heterocycles. The van der Waals surface area contributed by atoms with Gasteiger partial charge in [0.25, 0.3) is 0 Å². The Balaban J connectivity index is 1.88. The van der Waals surface area contributed by atoms with Crippen molar-refractivity contribution in [3.8, 4) is 0 Å². The van der Waals surface area contributed by atoms with Crippen molar-refractivity contribution < 1.29 is 0 Å². The van der Waals surface area contributed by atoms with Gasteiger partial charge in [-0.15, -0.1) is 11.3 Å². The minimum absolute atomic E-state index is 0.109. The van der Waals surface area contributed by atoms with E-state index in [1.54, 1.807) is 11.3 Å². The van der Waals surface area contributed by atoms with Crippen molar-refractivity contribution in [2.24, 2.45) is 10.7 Å². The molecule has 0 fully saturated rings. The topological polar surface area (TPSA) is 63.3 Å². The second-order valence-corrected chi connectivity index (χ2v) is 7.26. The lowest BCUT2D eigenvalue weighted by Crippen LogP contribution is -2.23. The van der Waals surface area contributed by atoms with E-state index in [1.165, 1.54) is 5.56 Å². The normalized spacial score (nSPS) is 12.5. The first-order valence-electron chi connectivity index (χ1n) is 7.43. The second kappa shape index (κ2) is 6.92. The van der Waals surface area contributed by atoms with Gasteiger partial charge in [-0.25, -0.2) is 4.98 Å². The summed E-state index contributed by atoms with van der Waals surface area (Å²) in [4.78, 5) is 9.03. The maximum absolute atomic E-state index is 5.92. The van der Waals surface area contributed by atoms with E-state index in [0.29, 0.717) is 12.5 Å². The molecule has 22 heavy (non-hydrogen) atoms. The van der Waals surface area contributed by atoms with E-state index in [0.717, 1.165) is 22.8 Å². The third-order valence-electron chi connectivity index (χ3n) is 3.13. The van der Waals surface area contributed by atoms with Crippen LogP contribution in [-0.4, -0.2) is 17.5 Å². The highest BCUT2D eigenvalue weighted by Gasteiger charge is 2.17. The summed E-state index contributed by atoms with van der Waals surface area (Å²) in [6.45, 7) is 9.22. The van der Waals surface area contributed by atoms with Gasteiger partial charge in [-0.1, -0.05) is 32.9 Å². The van der Waals surface area contributed by atoms with Crippen LogP contribution in [0.4, 0.5) is 5.69 Å². The third kappa shape index (κ3) is 4.84.